The van der Waals surface area contributed by atoms with Crippen molar-refractivity contribution in [2.24, 2.45) is 39.6 Å². The first kappa shape index (κ1) is 74.5. The van der Waals surface area contributed by atoms with E-state index in [1.54, 1.807) is 13.8 Å². The predicted octanol–water partition coefficient (Wildman–Crippen LogP) is -5.53. The number of carbonyl (C=O) groups excluding carboxylic acids is 11. The molecule has 2 aromatic carbocycles. The lowest BCUT2D eigenvalue weighted by Gasteiger charge is -2.27. The summed E-state index contributed by atoms with van der Waals surface area (Å²) in [6, 6.07) is -0.740. The first-order chi connectivity index (χ1) is 41.6. The third-order valence-corrected chi connectivity index (χ3v) is 12.9. The molecule has 88 heavy (non-hydrogen) atoms. The Kier molecular flexibility index (Phi) is 33.2. The quantitative estimate of drug-likeness (QED) is 0.00737. The molecule has 34 nitrogen and oxygen atoms in total. The molecule has 0 saturated carbocycles. The van der Waals surface area contributed by atoms with Crippen LogP contribution in [0, 0.1) is 16.0 Å². The maximum atomic E-state index is 14.1. The van der Waals surface area contributed by atoms with E-state index in [2.05, 4.69) is 58.2 Å². The highest BCUT2D eigenvalue weighted by atomic mass is 16.6. The molecule has 24 N–H and O–H groups in total. The summed E-state index contributed by atoms with van der Waals surface area (Å²) in [6.07, 6.45) is 0.793. The number of guanidine groups is 1. The molecule has 0 saturated heterocycles. The van der Waals surface area contributed by atoms with E-state index in [1.165, 1.54) is 43.3 Å². The molecule has 2 rings (SSSR count). The minimum absolute atomic E-state index is 0.0346. The van der Waals surface area contributed by atoms with Crippen LogP contribution in [0.4, 0.5) is 11.4 Å². The van der Waals surface area contributed by atoms with Gasteiger partial charge in [-0.25, -0.2) is 0 Å². The van der Waals surface area contributed by atoms with E-state index in [0.29, 0.717) is 31.4 Å². The van der Waals surface area contributed by atoms with Crippen molar-refractivity contribution in [2.75, 3.05) is 45.1 Å². The highest BCUT2D eigenvalue weighted by Crippen LogP contribution is 2.15. The molecule has 0 fully saturated rings. The Hall–Kier alpha value is -9.57. The molecule has 0 bridgehead atoms. The van der Waals surface area contributed by atoms with Gasteiger partial charge in [0.25, 0.3) is 11.6 Å². The molecule has 0 aromatic heterocycles. The van der Waals surface area contributed by atoms with E-state index < -0.39 is 157 Å². The maximum absolute atomic E-state index is 14.1. The Morgan fingerprint density at radius 1 is 0.557 bits per heavy atom. The Labute approximate surface area is 506 Å². The van der Waals surface area contributed by atoms with E-state index in [0.717, 1.165) is 12.1 Å². The monoisotopic (exact) mass is 1240 g/mol. The van der Waals surface area contributed by atoms with Crippen LogP contribution < -0.4 is 87.6 Å². The number of aliphatic carboxylic acids is 1. The number of non-ortho nitro benzene ring substituents is 1. The van der Waals surface area contributed by atoms with Gasteiger partial charge in [0.15, 0.2) is 5.96 Å². The SMILES string of the molecule is CC(C)C[C@H](NC(=O)[C@H](CCCCN)NC(=O)[C@H](CCCN=C(N)N)NC(=O)c1ccc(N)cc1)C(=O)N[C@@H](CCCCN)C(=O)NCC(=O)N[C@@H](C)C(=O)NCC(=O)N[C@@H](CO)C(=O)N[C@@H](Cc1ccc([N+](=O)[O-])cc1)C(=O)N[C@@H](CC(=O)O)C(N)=O. The molecule has 2 aromatic rings. The van der Waals surface area contributed by atoms with Gasteiger partial charge in [0.1, 0.15) is 48.3 Å². The van der Waals surface area contributed by atoms with Crippen molar-refractivity contribution in [3.8, 4) is 0 Å². The average Bonchev–Trinajstić information content (AvgIpc) is 2.32. The van der Waals surface area contributed by atoms with Crippen molar-refractivity contribution in [3.05, 3.63) is 69.8 Å². The van der Waals surface area contributed by atoms with E-state index >= 15 is 0 Å². The third kappa shape index (κ3) is 28.5. The molecule has 0 spiro atoms. The van der Waals surface area contributed by atoms with E-state index in [-0.39, 0.29) is 80.4 Å². The first-order valence-corrected chi connectivity index (χ1v) is 28.2. The summed E-state index contributed by atoms with van der Waals surface area (Å²) in [5.41, 5.74) is 34.0. The van der Waals surface area contributed by atoms with Crippen LogP contribution in [0.2, 0.25) is 0 Å². The second-order valence-electron chi connectivity index (χ2n) is 20.8. The molecule has 0 aliphatic rings. The number of nitrogens with zero attached hydrogens (tertiary/aromatic N) is 2. The van der Waals surface area contributed by atoms with Gasteiger partial charge in [0.05, 0.1) is 31.0 Å². The highest BCUT2D eigenvalue weighted by Gasteiger charge is 2.34. The number of carboxylic acids is 1. The number of primary amides is 1. The highest BCUT2D eigenvalue weighted by molar-refractivity contribution is 6.00. The van der Waals surface area contributed by atoms with Crippen LogP contribution in [0.3, 0.4) is 0 Å². The van der Waals surface area contributed by atoms with Crippen LogP contribution in [0.15, 0.2) is 53.5 Å². The number of hydrogen-bond acceptors (Lipinski definition) is 19. The molecular formula is C54H84N18O16. The molecule has 0 heterocycles. The molecule has 8 atom stereocenters. The zero-order valence-corrected chi connectivity index (χ0v) is 49.3. The number of carbonyl (C=O) groups is 12. The number of nitrogen functional groups attached to an aromatic ring is 1. The summed E-state index contributed by atoms with van der Waals surface area (Å²) in [6.45, 7) is 2.83. The summed E-state index contributed by atoms with van der Waals surface area (Å²) in [7, 11) is 0. The lowest BCUT2D eigenvalue weighted by molar-refractivity contribution is -0.384. The fourth-order valence-corrected chi connectivity index (χ4v) is 8.24. The number of aliphatic imine (C=N–C) groups is 1. The predicted molar refractivity (Wildman–Crippen MR) is 318 cm³/mol. The van der Waals surface area contributed by atoms with Crippen molar-refractivity contribution >= 4 is 88.3 Å². The average molecular weight is 1240 g/mol. The number of aliphatic hydroxyl groups is 1. The Balaban J connectivity index is 2.15. The standard InChI is InChI=1S/C54H84N18O16/c1-29(2)23-39(70-50(83)36(10-5-7-21-56)68-49(82)37(11-8-22-61-54(59)60)66-47(80)32-14-16-33(57)17-15-32)51(84)67-35(9-4-6-20-55)48(81)63-26-42(74)64-30(3)46(79)62-27-43(75)65-41(28-73)53(86)71-40(24-31-12-18-34(19-13-31)72(87)88)52(85)69-38(45(58)78)25-44(76)77/h12-19,29-30,35-41,73H,4-11,20-28,55-57H2,1-3H3,(H2,58,78)(H,62,79)(H,63,81)(H,64,74)(H,65,75)(H,66,80)(H,67,84)(H,68,82)(H,69,85)(H,70,83)(H,71,86)(H,76,77)(H4,59,60,61)/t30-,35-,36-,37-,38-,39-,40-,41-/m0/s1. The number of benzene rings is 2. The zero-order chi connectivity index (χ0) is 66.0. The van der Waals surface area contributed by atoms with Gasteiger partial charge in [0.2, 0.25) is 59.1 Å². The first-order valence-electron chi connectivity index (χ1n) is 28.2. The van der Waals surface area contributed by atoms with Gasteiger partial charge in [-0.2, -0.15) is 0 Å². The number of carboxylic acid groups (broad SMARTS) is 1. The minimum atomic E-state index is -1.78. The normalized spacial score (nSPS) is 13.6. The summed E-state index contributed by atoms with van der Waals surface area (Å²) >= 11 is 0. The van der Waals surface area contributed by atoms with Gasteiger partial charge in [-0.3, -0.25) is 72.6 Å². The summed E-state index contributed by atoms with van der Waals surface area (Å²) < 4.78 is 0. The Morgan fingerprint density at radius 3 is 1.53 bits per heavy atom. The smallest absolute Gasteiger partial charge is 0.305 e. The van der Waals surface area contributed by atoms with Crippen LogP contribution in [-0.2, 0) is 59.2 Å². The summed E-state index contributed by atoms with van der Waals surface area (Å²) in [4.78, 5) is 172. The number of aliphatic hydroxyl groups excluding tert-OH is 1. The fourth-order valence-electron chi connectivity index (χ4n) is 8.24. The zero-order valence-electron chi connectivity index (χ0n) is 49.3. The molecule has 0 unspecified atom stereocenters. The third-order valence-electron chi connectivity index (χ3n) is 12.9. The number of rotatable bonds is 41. The van der Waals surface area contributed by atoms with Gasteiger partial charge in [0, 0.05) is 36.3 Å². The number of amides is 11. The summed E-state index contributed by atoms with van der Waals surface area (Å²) in [5.74, 6) is -12.0. The number of nitro benzene ring substituents is 1. The minimum Gasteiger partial charge on any atom is -0.481 e. The van der Waals surface area contributed by atoms with Crippen LogP contribution in [0.1, 0.15) is 101 Å². The van der Waals surface area contributed by atoms with Crippen molar-refractivity contribution in [1.29, 1.82) is 0 Å². The van der Waals surface area contributed by atoms with Crippen molar-refractivity contribution in [3.63, 3.8) is 0 Å². The van der Waals surface area contributed by atoms with E-state index in [9.17, 15) is 77.9 Å². The Bertz CT molecular complexity index is 2750. The van der Waals surface area contributed by atoms with Crippen molar-refractivity contribution < 1.29 is 72.7 Å². The number of nitrogens with two attached hydrogens (primary N) is 6. The molecule has 34 heteroatoms. The molecular weight excluding hydrogens is 1160 g/mol. The number of unbranched alkanes of at least 4 members (excludes halogenated alkanes) is 2. The van der Waals surface area contributed by atoms with Gasteiger partial charge < -0.3 is 97.8 Å². The number of nitrogens with one attached hydrogen (secondary N) is 10. The topological polar surface area (TPSA) is 577 Å². The molecule has 0 radical (unpaired) electrons. The molecule has 11 amide bonds. The molecule has 0 aliphatic heterocycles. The number of hydrogen-bond donors (Lipinski definition) is 18. The number of anilines is 1. The summed E-state index contributed by atoms with van der Waals surface area (Å²) in [5, 5.41) is 54.6. The van der Waals surface area contributed by atoms with Gasteiger partial charge in [-0.15, -0.1) is 0 Å². The largest absolute Gasteiger partial charge is 0.481 e. The van der Waals surface area contributed by atoms with E-state index in [4.69, 9.17) is 34.4 Å². The lowest BCUT2D eigenvalue weighted by atomic mass is 10.0. The van der Waals surface area contributed by atoms with Crippen LogP contribution in [-0.4, -0.2) is 180 Å². The molecule has 486 valence electrons. The second-order valence-corrected chi connectivity index (χ2v) is 20.8. The lowest BCUT2D eigenvalue weighted by Crippen LogP contribution is -2.59. The van der Waals surface area contributed by atoms with Gasteiger partial charge >= 0.3 is 5.97 Å². The van der Waals surface area contributed by atoms with Gasteiger partial charge in [-0.05, 0) is 114 Å². The maximum Gasteiger partial charge on any atom is 0.305 e. The van der Waals surface area contributed by atoms with Crippen molar-refractivity contribution in [1.82, 2.24) is 53.2 Å². The van der Waals surface area contributed by atoms with E-state index in [1.807, 2.05) is 0 Å². The van der Waals surface area contributed by atoms with Crippen LogP contribution in [0.5, 0.6) is 0 Å². The van der Waals surface area contributed by atoms with Crippen LogP contribution >= 0.6 is 0 Å². The Morgan fingerprint density at radius 2 is 1.02 bits per heavy atom. The number of nitro groups is 1. The molecule has 0 aliphatic carbocycles. The van der Waals surface area contributed by atoms with Gasteiger partial charge in [-0.1, -0.05) is 26.0 Å². The fraction of sp³-hybridized carbons (Fsp3) is 0.537. The van der Waals surface area contributed by atoms with Crippen LogP contribution in [0.25, 0.3) is 0 Å². The second kappa shape index (κ2) is 39.2. The van der Waals surface area contributed by atoms with Crippen molar-refractivity contribution in [2.45, 2.75) is 140 Å².